The van der Waals surface area contributed by atoms with Crippen molar-refractivity contribution >= 4 is 34.8 Å². The van der Waals surface area contributed by atoms with Gasteiger partial charge in [-0.15, -0.1) is 0 Å². The Hall–Kier alpha value is -4.46. The molecule has 4 rings (SSSR count). The molecule has 1 heterocycles. The molecule has 3 aromatic carbocycles. The number of hydrazone groups is 1. The van der Waals surface area contributed by atoms with Gasteiger partial charge < -0.3 is 16.4 Å². The molecule has 1 atom stereocenters. The van der Waals surface area contributed by atoms with E-state index in [9.17, 15) is 14.4 Å². The molecule has 0 unspecified atom stereocenters. The standard InChI is InChI=1S/C26H25N5O3/c27-24(32)23-17-22(30-31(23)19-11-5-2-6-12-19)26(34)29-21-14-8-7-13-20(21)25(33)28-16-15-18-9-3-1-4-10-18/h1-14,23H,15-17H2,(H2,27,32)(H,28,33)(H,29,34)/t23-/m1/s1. The number of rotatable bonds is 8. The van der Waals surface area contributed by atoms with Crippen LogP contribution in [0.1, 0.15) is 22.3 Å². The van der Waals surface area contributed by atoms with E-state index in [1.165, 1.54) is 5.01 Å². The molecule has 3 amide bonds. The lowest BCUT2D eigenvalue weighted by atomic mass is 10.1. The summed E-state index contributed by atoms with van der Waals surface area (Å²) in [4.78, 5) is 37.7. The second kappa shape index (κ2) is 10.4. The van der Waals surface area contributed by atoms with Crippen LogP contribution in [0.15, 0.2) is 90.0 Å². The summed E-state index contributed by atoms with van der Waals surface area (Å²) < 4.78 is 0. The van der Waals surface area contributed by atoms with Crippen LogP contribution >= 0.6 is 0 Å². The zero-order chi connectivity index (χ0) is 23.9. The van der Waals surface area contributed by atoms with Crippen LogP contribution in [-0.2, 0) is 16.0 Å². The number of nitrogens with zero attached hydrogens (tertiary/aromatic N) is 2. The summed E-state index contributed by atoms with van der Waals surface area (Å²) in [6.07, 6.45) is 0.767. The Labute approximate surface area is 197 Å². The third-order valence-electron chi connectivity index (χ3n) is 5.48. The van der Waals surface area contributed by atoms with Gasteiger partial charge in [-0.1, -0.05) is 60.7 Å². The molecule has 0 aromatic heterocycles. The van der Waals surface area contributed by atoms with E-state index in [-0.39, 0.29) is 18.0 Å². The number of hydrogen-bond acceptors (Lipinski definition) is 5. The minimum Gasteiger partial charge on any atom is -0.368 e. The first kappa shape index (κ1) is 22.7. The van der Waals surface area contributed by atoms with Crippen LogP contribution in [0.25, 0.3) is 0 Å². The van der Waals surface area contributed by atoms with Crippen molar-refractivity contribution in [1.29, 1.82) is 0 Å². The average molecular weight is 456 g/mol. The Balaban J connectivity index is 1.45. The maximum Gasteiger partial charge on any atom is 0.271 e. The van der Waals surface area contributed by atoms with Crippen LogP contribution in [0.3, 0.4) is 0 Å². The van der Waals surface area contributed by atoms with Crippen LogP contribution in [0.2, 0.25) is 0 Å². The summed E-state index contributed by atoms with van der Waals surface area (Å²) in [5.41, 5.74) is 8.20. The summed E-state index contributed by atoms with van der Waals surface area (Å²) in [5, 5.41) is 11.5. The molecule has 8 nitrogen and oxygen atoms in total. The molecule has 8 heteroatoms. The van der Waals surface area contributed by atoms with Gasteiger partial charge in [0.1, 0.15) is 11.8 Å². The van der Waals surface area contributed by atoms with Crippen molar-refractivity contribution in [3.05, 3.63) is 96.1 Å². The SMILES string of the molecule is NC(=O)[C@H]1CC(C(=O)Nc2ccccc2C(=O)NCCc2ccccc2)=NN1c1ccccc1. The fraction of sp³-hybridized carbons (Fsp3) is 0.154. The third kappa shape index (κ3) is 5.29. The number of nitrogens with two attached hydrogens (primary N) is 1. The number of benzene rings is 3. The predicted molar refractivity (Wildman–Crippen MR) is 132 cm³/mol. The Morgan fingerprint density at radius 2 is 1.53 bits per heavy atom. The normalized spacial score (nSPS) is 14.9. The molecule has 172 valence electrons. The lowest BCUT2D eigenvalue weighted by molar-refractivity contribution is -0.119. The maximum absolute atomic E-state index is 13.0. The maximum atomic E-state index is 13.0. The second-order valence-corrected chi connectivity index (χ2v) is 7.84. The fourth-order valence-electron chi connectivity index (χ4n) is 3.73. The topological polar surface area (TPSA) is 117 Å². The zero-order valence-electron chi connectivity index (χ0n) is 18.5. The summed E-state index contributed by atoms with van der Waals surface area (Å²) in [6.45, 7) is 0.462. The summed E-state index contributed by atoms with van der Waals surface area (Å²) in [7, 11) is 0. The largest absolute Gasteiger partial charge is 0.368 e. The van der Waals surface area contributed by atoms with E-state index in [4.69, 9.17) is 5.73 Å². The Kier molecular flexibility index (Phi) is 6.98. The van der Waals surface area contributed by atoms with Gasteiger partial charge in [-0.2, -0.15) is 5.10 Å². The first-order valence-electron chi connectivity index (χ1n) is 11.0. The van der Waals surface area contributed by atoms with Gasteiger partial charge >= 0.3 is 0 Å². The number of primary amides is 1. The van der Waals surface area contributed by atoms with E-state index in [0.717, 1.165) is 5.56 Å². The van der Waals surface area contributed by atoms with Gasteiger partial charge in [0.05, 0.1) is 16.9 Å². The minimum absolute atomic E-state index is 0.0709. The van der Waals surface area contributed by atoms with Crippen molar-refractivity contribution < 1.29 is 14.4 Å². The van der Waals surface area contributed by atoms with Gasteiger partial charge in [0, 0.05) is 13.0 Å². The number of anilines is 2. The van der Waals surface area contributed by atoms with Crippen LogP contribution in [0, 0.1) is 0 Å². The van der Waals surface area contributed by atoms with Crippen molar-refractivity contribution in [2.75, 3.05) is 16.9 Å². The Morgan fingerprint density at radius 3 is 2.24 bits per heavy atom. The number of amides is 3. The third-order valence-corrected chi connectivity index (χ3v) is 5.48. The quantitative estimate of drug-likeness (QED) is 0.484. The molecule has 1 aliphatic heterocycles. The Morgan fingerprint density at radius 1 is 0.882 bits per heavy atom. The zero-order valence-corrected chi connectivity index (χ0v) is 18.5. The van der Waals surface area contributed by atoms with Crippen molar-refractivity contribution in [3.8, 4) is 0 Å². The van der Waals surface area contributed by atoms with Gasteiger partial charge in [0.15, 0.2) is 0 Å². The highest BCUT2D eigenvalue weighted by Gasteiger charge is 2.35. The summed E-state index contributed by atoms with van der Waals surface area (Å²) >= 11 is 0. The van der Waals surface area contributed by atoms with Crippen LogP contribution < -0.4 is 21.4 Å². The molecule has 0 saturated heterocycles. The molecule has 0 saturated carbocycles. The average Bonchev–Trinajstić information content (AvgIpc) is 3.32. The van der Waals surface area contributed by atoms with E-state index >= 15 is 0 Å². The first-order chi connectivity index (χ1) is 16.5. The molecule has 1 aliphatic rings. The molecule has 3 aromatic rings. The first-order valence-corrected chi connectivity index (χ1v) is 11.0. The lowest BCUT2D eigenvalue weighted by Crippen LogP contribution is -2.39. The highest BCUT2D eigenvalue weighted by molar-refractivity contribution is 6.44. The number of hydrogen-bond donors (Lipinski definition) is 3. The monoisotopic (exact) mass is 455 g/mol. The van der Waals surface area contributed by atoms with E-state index < -0.39 is 17.9 Å². The van der Waals surface area contributed by atoms with Crippen molar-refractivity contribution in [2.45, 2.75) is 18.9 Å². The molecule has 0 fully saturated rings. The van der Waals surface area contributed by atoms with Crippen LogP contribution in [-0.4, -0.2) is 36.0 Å². The smallest absolute Gasteiger partial charge is 0.271 e. The van der Waals surface area contributed by atoms with Gasteiger partial charge in [-0.3, -0.25) is 19.4 Å². The molecule has 0 bridgehead atoms. The van der Waals surface area contributed by atoms with E-state index in [1.54, 1.807) is 36.4 Å². The van der Waals surface area contributed by atoms with E-state index in [2.05, 4.69) is 15.7 Å². The van der Waals surface area contributed by atoms with Crippen molar-refractivity contribution in [1.82, 2.24) is 5.32 Å². The van der Waals surface area contributed by atoms with Gasteiger partial charge in [-0.05, 0) is 36.2 Å². The summed E-state index contributed by atoms with van der Waals surface area (Å²) in [6, 6.07) is 24.9. The number of carbonyl (C=O) groups is 3. The molecule has 0 radical (unpaired) electrons. The summed E-state index contributed by atoms with van der Waals surface area (Å²) in [5.74, 6) is -1.36. The number of para-hydroxylation sites is 2. The number of nitrogens with one attached hydrogen (secondary N) is 2. The Bertz CT molecular complexity index is 1210. The highest BCUT2D eigenvalue weighted by atomic mass is 16.2. The van der Waals surface area contributed by atoms with Crippen LogP contribution in [0.5, 0.6) is 0 Å². The molecule has 4 N–H and O–H groups in total. The molecule has 0 spiro atoms. The minimum atomic E-state index is -0.764. The predicted octanol–water partition coefficient (Wildman–Crippen LogP) is 2.72. The van der Waals surface area contributed by atoms with Crippen LogP contribution in [0.4, 0.5) is 11.4 Å². The van der Waals surface area contributed by atoms with Gasteiger partial charge in [0.25, 0.3) is 11.8 Å². The van der Waals surface area contributed by atoms with Gasteiger partial charge in [-0.25, -0.2) is 0 Å². The van der Waals surface area contributed by atoms with Gasteiger partial charge in [0.2, 0.25) is 5.91 Å². The molecule has 0 aliphatic carbocycles. The van der Waals surface area contributed by atoms with Crippen molar-refractivity contribution in [3.63, 3.8) is 0 Å². The lowest BCUT2D eigenvalue weighted by Gasteiger charge is -2.20. The highest BCUT2D eigenvalue weighted by Crippen LogP contribution is 2.25. The molecular formula is C26H25N5O3. The van der Waals surface area contributed by atoms with Crippen molar-refractivity contribution in [2.24, 2.45) is 10.8 Å². The number of carbonyl (C=O) groups excluding carboxylic acids is 3. The fourth-order valence-corrected chi connectivity index (χ4v) is 3.73. The van der Waals surface area contributed by atoms with E-state index in [1.807, 2.05) is 48.5 Å². The molecule has 34 heavy (non-hydrogen) atoms. The van der Waals surface area contributed by atoms with E-state index in [0.29, 0.717) is 29.9 Å². The second-order valence-electron chi connectivity index (χ2n) is 7.84. The molecular weight excluding hydrogens is 430 g/mol.